The minimum absolute atomic E-state index is 1.08. The van der Waals surface area contributed by atoms with E-state index in [1.807, 2.05) is 6.33 Å². The Labute approximate surface area is 95.8 Å². The number of fused-ring (bicyclic) bond motifs is 5. The Morgan fingerprint density at radius 3 is 3.00 bits per heavy atom. The maximum absolute atomic E-state index is 4.47. The van der Waals surface area contributed by atoms with Crippen LogP contribution in [0.1, 0.15) is 0 Å². The largest absolute Gasteiger partial charge is 0.299 e. The number of rotatable bonds is 0. The van der Waals surface area contributed by atoms with Crippen molar-refractivity contribution in [2.45, 2.75) is 0 Å². The van der Waals surface area contributed by atoms with Gasteiger partial charge in [0, 0.05) is 5.39 Å². The van der Waals surface area contributed by atoms with Gasteiger partial charge in [-0.2, -0.15) is 0 Å². The Morgan fingerprint density at radius 2 is 2.00 bits per heavy atom. The first kappa shape index (κ1) is 8.30. The standard InChI is InChI=1S/C13H8N2S/c1-2-4-11-9(3-1)7-12-13-10(5-6-16-13)14-8-15(11)12/h1-8H. The Hall–Kier alpha value is -1.87. The van der Waals surface area contributed by atoms with Crippen LogP contribution in [0.3, 0.4) is 0 Å². The van der Waals surface area contributed by atoms with Crippen molar-refractivity contribution in [3.8, 4) is 0 Å². The normalized spacial score (nSPS) is 11.8. The smallest absolute Gasteiger partial charge is 0.100 e. The fourth-order valence-electron chi connectivity index (χ4n) is 2.19. The topological polar surface area (TPSA) is 17.3 Å². The molecule has 76 valence electrons. The van der Waals surface area contributed by atoms with E-state index in [1.54, 1.807) is 11.3 Å². The van der Waals surface area contributed by atoms with Gasteiger partial charge in [-0.3, -0.25) is 4.40 Å². The second-order valence-corrected chi connectivity index (χ2v) is 4.75. The third-order valence-corrected chi connectivity index (χ3v) is 3.86. The summed E-state index contributed by atoms with van der Waals surface area (Å²) in [5, 5.41) is 3.36. The molecule has 3 heterocycles. The molecule has 0 spiro atoms. The van der Waals surface area contributed by atoms with Crippen molar-refractivity contribution in [1.29, 1.82) is 0 Å². The van der Waals surface area contributed by atoms with E-state index >= 15 is 0 Å². The number of para-hydroxylation sites is 1. The van der Waals surface area contributed by atoms with Crippen molar-refractivity contribution in [3.63, 3.8) is 0 Å². The van der Waals surface area contributed by atoms with Crippen LogP contribution in [0.15, 0.2) is 48.1 Å². The molecule has 0 aliphatic heterocycles. The lowest BCUT2D eigenvalue weighted by Gasteiger charge is -1.96. The van der Waals surface area contributed by atoms with Crippen LogP contribution in [0.25, 0.3) is 26.6 Å². The Morgan fingerprint density at radius 1 is 1.06 bits per heavy atom. The van der Waals surface area contributed by atoms with Crippen LogP contribution in [-0.2, 0) is 0 Å². The van der Waals surface area contributed by atoms with E-state index in [9.17, 15) is 0 Å². The number of benzene rings is 1. The van der Waals surface area contributed by atoms with Gasteiger partial charge in [-0.1, -0.05) is 18.2 Å². The molecule has 0 fully saturated rings. The van der Waals surface area contributed by atoms with Crippen LogP contribution in [0.5, 0.6) is 0 Å². The van der Waals surface area contributed by atoms with Gasteiger partial charge < -0.3 is 0 Å². The molecule has 0 bridgehead atoms. The van der Waals surface area contributed by atoms with Crippen molar-refractivity contribution < 1.29 is 0 Å². The lowest BCUT2D eigenvalue weighted by Crippen LogP contribution is -1.85. The zero-order chi connectivity index (χ0) is 10.5. The lowest BCUT2D eigenvalue weighted by molar-refractivity contribution is 1.17. The van der Waals surface area contributed by atoms with E-state index < -0.39 is 0 Å². The molecule has 0 atom stereocenters. The van der Waals surface area contributed by atoms with Gasteiger partial charge in [-0.25, -0.2) is 4.98 Å². The number of nitrogens with zero attached hydrogens (tertiary/aromatic N) is 2. The van der Waals surface area contributed by atoms with Crippen molar-refractivity contribution in [2.75, 3.05) is 0 Å². The van der Waals surface area contributed by atoms with Gasteiger partial charge in [0.05, 0.1) is 21.3 Å². The lowest BCUT2D eigenvalue weighted by atomic mass is 10.2. The summed E-state index contributed by atoms with van der Waals surface area (Å²) in [5.41, 5.74) is 3.56. The average molecular weight is 224 g/mol. The molecule has 0 saturated heterocycles. The van der Waals surface area contributed by atoms with E-state index in [0.29, 0.717) is 0 Å². The van der Waals surface area contributed by atoms with E-state index in [2.05, 4.69) is 51.2 Å². The van der Waals surface area contributed by atoms with Gasteiger partial charge >= 0.3 is 0 Å². The Kier molecular flexibility index (Phi) is 1.47. The summed E-state index contributed by atoms with van der Waals surface area (Å²) in [6, 6.07) is 12.7. The minimum Gasteiger partial charge on any atom is -0.299 e. The molecule has 1 aromatic carbocycles. The van der Waals surface area contributed by atoms with Gasteiger partial charge in [-0.05, 0) is 23.6 Å². The molecular formula is C13H8N2S. The van der Waals surface area contributed by atoms with Crippen LogP contribution in [0.2, 0.25) is 0 Å². The first-order valence-electron chi connectivity index (χ1n) is 5.15. The number of thiophene rings is 1. The fourth-order valence-corrected chi connectivity index (χ4v) is 3.04. The highest BCUT2D eigenvalue weighted by molar-refractivity contribution is 7.18. The van der Waals surface area contributed by atoms with Gasteiger partial charge in [0.25, 0.3) is 0 Å². The summed E-state index contributed by atoms with van der Waals surface area (Å²) >= 11 is 1.75. The van der Waals surface area contributed by atoms with E-state index in [1.165, 1.54) is 21.1 Å². The molecule has 0 N–H and O–H groups in total. The fraction of sp³-hybridized carbons (Fsp3) is 0. The number of aromatic nitrogens is 2. The maximum atomic E-state index is 4.47. The highest BCUT2D eigenvalue weighted by atomic mass is 32.1. The quantitative estimate of drug-likeness (QED) is 0.445. The molecular weight excluding hydrogens is 216 g/mol. The van der Waals surface area contributed by atoms with Gasteiger partial charge in [-0.15, -0.1) is 11.3 Å². The second kappa shape index (κ2) is 2.83. The Balaban J connectivity index is 2.38. The van der Waals surface area contributed by atoms with Crippen LogP contribution in [0, 0.1) is 0 Å². The molecule has 3 aromatic heterocycles. The first-order valence-corrected chi connectivity index (χ1v) is 6.03. The molecule has 0 amide bonds. The minimum atomic E-state index is 1.08. The maximum Gasteiger partial charge on any atom is 0.100 e. The molecule has 4 rings (SSSR count). The third kappa shape index (κ3) is 0.933. The van der Waals surface area contributed by atoms with Gasteiger partial charge in [0.2, 0.25) is 0 Å². The molecule has 16 heavy (non-hydrogen) atoms. The van der Waals surface area contributed by atoms with Gasteiger partial charge in [0.15, 0.2) is 0 Å². The molecule has 0 aliphatic carbocycles. The molecule has 2 nitrogen and oxygen atoms in total. The van der Waals surface area contributed by atoms with Gasteiger partial charge in [0.1, 0.15) is 6.33 Å². The van der Waals surface area contributed by atoms with Crippen LogP contribution in [-0.4, -0.2) is 9.38 Å². The van der Waals surface area contributed by atoms with Crippen molar-refractivity contribution in [1.82, 2.24) is 9.38 Å². The Bertz CT molecular complexity index is 810. The summed E-state index contributed by atoms with van der Waals surface area (Å²) in [6.07, 6.45) is 1.91. The summed E-state index contributed by atoms with van der Waals surface area (Å²) < 4.78 is 3.42. The molecule has 0 aliphatic rings. The SMILES string of the molecule is c1ccc2c(c1)cc1c3sccc3ncn21. The predicted octanol–water partition coefficient (Wildman–Crippen LogP) is 3.70. The summed E-state index contributed by atoms with van der Waals surface area (Å²) in [6.45, 7) is 0. The highest BCUT2D eigenvalue weighted by Crippen LogP contribution is 2.28. The summed E-state index contributed by atoms with van der Waals surface area (Å²) in [7, 11) is 0. The molecule has 4 aromatic rings. The second-order valence-electron chi connectivity index (χ2n) is 3.84. The zero-order valence-electron chi connectivity index (χ0n) is 8.42. The average Bonchev–Trinajstić information content (AvgIpc) is 2.92. The third-order valence-electron chi connectivity index (χ3n) is 2.94. The molecule has 3 heteroatoms. The number of hydrogen-bond donors (Lipinski definition) is 0. The van der Waals surface area contributed by atoms with E-state index in [-0.39, 0.29) is 0 Å². The van der Waals surface area contributed by atoms with Crippen molar-refractivity contribution >= 4 is 38.0 Å². The van der Waals surface area contributed by atoms with E-state index in [4.69, 9.17) is 0 Å². The number of hydrogen-bond acceptors (Lipinski definition) is 2. The monoisotopic (exact) mass is 224 g/mol. The zero-order valence-corrected chi connectivity index (χ0v) is 9.24. The highest BCUT2D eigenvalue weighted by Gasteiger charge is 2.06. The van der Waals surface area contributed by atoms with Crippen LogP contribution >= 0.6 is 11.3 Å². The molecule has 0 radical (unpaired) electrons. The van der Waals surface area contributed by atoms with E-state index in [0.717, 1.165) is 5.52 Å². The van der Waals surface area contributed by atoms with Crippen LogP contribution in [0.4, 0.5) is 0 Å². The van der Waals surface area contributed by atoms with Crippen molar-refractivity contribution in [2.24, 2.45) is 0 Å². The van der Waals surface area contributed by atoms with Crippen molar-refractivity contribution in [3.05, 3.63) is 48.1 Å². The predicted molar refractivity (Wildman–Crippen MR) is 68.1 cm³/mol. The summed E-state index contributed by atoms with van der Waals surface area (Å²) in [4.78, 5) is 4.47. The first-order chi connectivity index (χ1) is 7.93. The van der Waals surface area contributed by atoms with Crippen LogP contribution < -0.4 is 0 Å². The summed E-state index contributed by atoms with van der Waals surface area (Å²) in [5.74, 6) is 0. The molecule has 0 unspecified atom stereocenters. The molecule has 0 saturated carbocycles.